The van der Waals surface area contributed by atoms with Crippen molar-refractivity contribution in [1.29, 1.82) is 0 Å². The molecule has 2 rings (SSSR count). The van der Waals surface area contributed by atoms with E-state index in [4.69, 9.17) is 0 Å². The summed E-state index contributed by atoms with van der Waals surface area (Å²) in [7, 11) is 0. The molecule has 94 valence electrons. The van der Waals surface area contributed by atoms with E-state index in [0.29, 0.717) is 0 Å². The SMILES string of the molecule is Cc1cc(C(=O)N2CCCC(C)CC2)sc1Br. The Labute approximate surface area is 115 Å². The van der Waals surface area contributed by atoms with Gasteiger partial charge in [-0.15, -0.1) is 11.3 Å². The first-order chi connectivity index (χ1) is 8.08. The molecule has 1 saturated heterocycles. The standard InChI is InChI=1S/C13H18BrNOS/c1-9-4-3-6-15(7-5-9)13(16)11-8-10(2)12(14)17-11/h8-9H,3-7H2,1-2H3. The Morgan fingerprint density at radius 2 is 2.24 bits per heavy atom. The first-order valence-corrected chi connectivity index (χ1v) is 7.74. The molecular formula is C13H18BrNOS. The van der Waals surface area contributed by atoms with Crippen LogP contribution in [0.25, 0.3) is 0 Å². The average Bonchev–Trinajstić information content (AvgIpc) is 2.51. The number of thiophene rings is 1. The van der Waals surface area contributed by atoms with Gasteiger partial charge in [0.1, 0.15) is 0 Å². The summed E-state index contributed by atoms with van der Waals surface area (Å²) in [5.74, 6) is 0.961. The predicted molar refractivity (Wildman–Crippen MR) is 75.7 cm³/mol. The van der Waals surface area contributed by atoms with Crippen molar-refractivity contribution >= 4 is 33.2 Å². The lowest BCUT2D eigenvalue weighted by atomic mass is 10.0. The van der Waals surface area contributed by atoms with Crippen molar-refractivity contribution < 1.29 is 4.79 Å². The van der Waals surface area contributed by atoms with Crippen molar-refractivity contribution in [3.05, 3.63) is 20.3 Å². The van der Waals surface area contributed by atoms with Crippen LogP contribution >= 0.6 is 27.3 Å². The summed E-state index contributed by atoms with van der Waals surface area (Å²) in [5.41, 5.74) is 1.15. The van der Waals surface area contributed by atoms with Crippen LogP contribution in [0.3, 0.4) is 0 Å². The van der Waals surface area contributed by atoms with Gasteiger partial charge in [0.2, 0.25) is 0 Å². The zero-order valence-corrected chi connectivity index (χ0v) is 12.7. The summed E-state index contributed by atoms with van der Waals surface area (Å²) in [6.07, 6.45) is 3.52. The maximum Gasteiger partial charge on any atom is 0.263 e. The fraction of sp³-hybridized carbons (Fsp3) is 0.615. The molecule has 1 amide bonds. The number of aryl methyl sites for hydroxylation is 1. The Morgan fingerprint density at radius 3 is 2.88 bits per heavy atom. The molecule has 0 saturated carbocycles. The van der Waals surface area contributed by atoms with Crippen molar-refractivity contribution in [3.63, 3.8) is 0 Å². The second-order valence-electron chi connectivity index (χ2n) is 4.90. The van der Waals surface area contributed by atoms with Crippen LogP contribution in [0.4, 0.5) is 0 Å². The van der Waals surface area contributed by atoms with E-state index in [9.17, 15) is 4.79 Å². The Kier molecular flexibility index (Phi) is 4.26. The molecular weight excluding hydrogens is 298 g/mol. The number of halogens is 1. The molecule has 2 heterocycles. The molecule has 0 spiro atoms. The third kappa shape index (κ3) is 3.10. The molecule has 1 aliphatic rings. The van der Waals surface area contributed by atoms with Gasteiger partial charge in [-0.25, -0.2) is 0 Å². The molecule has 1 aromatic heterocycles. The van der Waals surface area contributed by atoms with Gasteiger partial charge in [-0.05, 0) is 59.7 Å². The smallest absolute Gasteiger partial charge is 0.263 e. The zero-order valence-electron chi connectivity index (χ0n) is 10.3. The maximum atomic E-state index is 12.3. The molecule has 0 bridgehead atoms. The monoisotopic (exact) mass is 315 g/mol. The molecule has 0 radical (unpaired) electrons. The summed E-state index contributed by atoms with van der Waals surface area (Å²) in [4.78, 5) is 15.2. The topological polar surface area (TPSA) is 20.3 Å². The first-order valence-electron chi connectivity index (χ1n) is 6.13. The van der Waals surface area contributed by atoms with Crippen LogP contribution in [0.15, 0.2) is 9.85 Å². The van der Waals surface area contributed by atoms with Crippen molar-refractivity contribution in [1.82, 2.24) is 4.90 Å². The van der Waals surface area contributed by atoms with Crippen LogP contribution in [-0.4, -0.2) is 23.9 Å². The molecule has 1 aromatic rings. The van der Waals surface area contributed by atoms with E-state index in [1.165, 1.54) is 6.42 Å². The summed E-state index contributed by atoms with van der Waals surface area (Å²) in [6.45, 7) is 6.13. The highest BCUT2D eigenvalue weighted by atomic mass is 79.9. The molecule has 4 heteroatoms. The van der Waals surface area contributed by atoms with Gasteiger partial charge in [0.15, 0.2) is 0 Å². The summed E-state index contributed by atoms with van der Waals surface area (Å²) < 4.78 is 1.07. The van der Waals surface area contributed by atoms with Gasteiger partial charge >= 0.3 is 0 Å². The van der Waals surface area contributed by atoms with E-state index >= 15 is 0 Å². The molecule has 17 heavy (non-hydrogen) atoms. The number of rotatable bonds is 1. The quantitative estimate of drug-likeness (QED) is 0.764. The number of hydrogen-bond acceptors (Lipinski definition) is 2. The fourth-order valence-corrected chi connectivity index (χ4v) is 3.69. The second-order valence-corrected chi connectivity index (χ2v) is 7.27. The van der Waals surface area contributed by atoms with Crippen LogP contribution in [0.5, 0.6) is 0 Å². The highest BCUT2D eigenvalue weighted by Gasteiger charge is 2.21. The van der Waals surface area contributed by atoms with Crippen LogP contribution < -0.4 is 0 Å². The highest BCUT2D eigenvalue weighted by molar-refractivity contribution is 9.11. The molecule has 0 aliphatic carbocycles. The molecule has 1 unspecified atom stereocenters. The average molecular weight is 316 g/mol. The molecule has 0 N–H and O–H groups in total. The van der Waals surface area contributed by atoms with Crippen LogP contribution in [0, 0.1) is 12.8 Å². The van der Waals surface area contributed by atoms with Crippen molar-refractivity contribution in [2.45, 2.75) is 33.1 Å². The molecule has 1 aliphatic heterocycles. The Morgan fingerprint density at radius 1 is 1.47 bits per heavy atom. The van der Waals surface area contributed by atoms with Gasteiger partial charge in [-0.2, -0.15) is 0 Å². The number of carbonyl (C=O) groups is 1. The number of hydrogen-bond donors (Lipinski definition) is 0. The Balaban J connectivity index is 2.09. The van der Waals surface area contributed by atoms with E-state index in [1.54, 1.807) is 11.3 Å². The summed E-state index contributed by atoms with van der Waals surface area (Å²) in [5, 5.41) is 0. The molecule has 1 fully saturated rings. The highest BCUT2D eigenvalue weighted by Crippen LogP contribution is 2.29. The Bertz CT molecular complexity index is 396. The minimum atomic E-state index is 0.206. The summed E-state index contributed by atoms with van der Waals surface area (Å²) in [6, 6.07) is 1.99. The normalized spacial score (nSPS) is 21.4. The van der Waals surface area contributed by atoms with Gasteiger partial charge in [-0.1, -0.05) is 6.92 Å². The van der Waals surface area contributed by atoms with Crippen LogP contribution in [0.2, 0.25) is 0 Å². The minimum absolute atomic E-state index is 0.206. The van der Waals surface area contributed by atoms with Crippen molar-refractivity contribution in [2.24, 2.45) is 5.92 Å². The van der Waals surface area contributed by atoms with Crippen LogP contribution in [-0.2, 0) is 0 Å². The van der Waals surface area contributed by atoms with Gasteiger partial charge in [0.25, 0.3) is 5.91 Å². The fourth-order valence-electron chi connectivity index (χ4n) is 2.19. The van der Waals surface area contributed by atoms with E-state index in [1.807, 2.05) is 17.9 Å². The lowest BCUT2D eigenvalue weighted by Crippen LogP contribution is -2.31. The number of carbonyl (C=O) groups excluding carboxylic acids is 1. The van der Waals surface area contributed by atoms with Gasteiger partial charge in [-0.3, -0.25) is 4.79 Å². The lowest BCUT2D eigenvalue weighted by molar-refractivity contribution is 0.0765. The third-order valence-electron chi connectivity index (χ3n) is 3.37. The first kappa shape index (κ1) is 13.1. The molecule has 2 nitrogen and oxygen atoms in total. The van der Waals surface area contributed by atoms with Crippen molar-refractivity contribution in [2.75, 3.05) is 13.1 Å². The van der Waals surface area contributed by atoms with E-state index in [2.05, 4.69) is 22.9 Å². The largest absolute Gasteiger partial charge is 0.338 e. The van der Waals surface area contributed by atoms with E-state index in [0.717, 1.165) is 46.1 Å². The van der Waals surface area contributed by atoms with Crippen LogP contribution in [0.1, 0.15) is 41.4 Å². The minimum Gasteiger partial charge on any atom is -0.338 e. The van der Waals surface area contributed by atoms with Gasteiger partial charge in [0, 0.05) is 13.1 Å². The number of nitrogens with zero attached hydrogens (tertiary/aromatic N) is 1. The van der Waals surface area contributed by atoms with E-state index in [-0.39, 0.29) is 5.91 Å². The predicted octanol–water partition coefficient (Wildman–Crippen LogP) is 4.08. The maximum absolute atomic E-state index is 12.3. The van der Waals surface area contributed by atoms with Crippen molar-refractivity contribution in [3.8, 4) is 0 Å². The Hall–Kier alpha value is -0.350. The molecule has 1 atom stereocenters. The third-order valence-corrected chi connectivity index (χ3v) is 5.50. The number of amides is 1. The second kappa shape index (κ2) is 5.53. The molecule has 0 aromatic carbocycles. The van der Waals surface area contributed by atoms with Gasteiger partial charge in [0.05, 0.1) is 8.66 Å². The zero-order chi connectivity index (χ0) is 12.4. The lowest BCUT2D eigenvalue weighted by Gasteiger charge is -2.19. The van der Waals surface area contributed by atoms with E-state index < -0.39 is 0 Å². The number of likely N-dealkylation sites (tertiary alicyclic amines) is 1. The summed E-state index contributed by atoms with van der Waals surface area (Å²) >= 11 is 5.03. The van der Waals surface area contributed by atoms with Gasteiger partial charge < -0.3 is 4.90 Å².